The lowest BCUT2D eigenvalue weighted by Crippen LogP contribution is -2.25. The maximum absolute atomic E-state index is 8.61. The number of rotatable bonds is 8. The molecule has 0 aliphatic rings. The second-order valence-electron chi connectivity index (χ2n) is 5.79. The van der Waals surface area contributed by atoms with Gasteiger partial charge in [0.25, 0.3) is 0 Å². The molecule has 1 atom stereocenters. The fraction of sp³-hybridized carbons (Fsp3) is 0.562. The van der Waals surface area contributed by atoms with Crippen molar-refractivity contribution in [2.75, 3.05) is 0 Å². The fourth-order valence-electron chi connectivity index (χ4n) is 2.08. The van der Waals surface area contributed by atoms with Gasteiger partial charge in [-0.3, -0.25) is 0 Å². The summed E-state index contributed by atoms with van der Waals surface area (Å²) in [5, 5.41) is 15.1. The zero-order valence-corrected chi connectivity index (χ0v) is 12.8. The van der Waals surface area contributed by atoms with Gasteiger partial charge in [-0.15, -0.1) is 0 Å². The van der Waals surface area contributed by atoms with Gasteiger partial charge in [-0.25, -0.2) is 0 Å². The fourth-order valence-corrected chi connectivity index (χ4v) is 2.08. The van der Waals surface area contributed by atoms with Crippen LogP contribution in [-0.4, -0.2) is 17.1 Å². The Labute approximate surface area is 122 Å². The molecule has 0 heterocycles. The van der Waals surface area contributed by atoms with E-state index < -0.39 is 0 Å². The van der Waals surface area contributed by atoms with Crippen LogP contribution in [0.5, 0.6) is 0 Å². The Bertz CT molecular complexity index is 412. The first-order valence-electron chi connectivity index (χ1n) is 7.33. The molecule has 112 valence electrons. The molecule has 4 N–H and O–H groups in total. The van der Waals surface area contributed by atoms with Crippen LogP contribution < -0.4 is 11.1 Å². The van der Waals surface area contributed by atoms with Crippen molar-refractivity contribution < 1.29 is 5.21 Å². The predicted molar refractivity (Wildman–Crippen MR) is 83.9 cm³/mol. The van der Waals surface area contributed by atoms with E-state index in [9.17, 15) is 0 Å². The number of nitrogens with zero attached hydrogens (tertiary/aromatic N) is 1. The van der Waals surface area contributed by atoms with E-state index in [-0.39, 0.29) is 5.84 Å². The molecular weight excluding hydrogens is 250 g/mol. The normalized spacial score (nSPS) is 13.7. The molecule has 0 bridgehead atoms. The maximum atomic E-state index is 8.61. The Hall–Kier alpha value is -1.55. The first-order chi connectivity index (χ1) is 9.52. The van der Waals surface area contributed by atoms with Crippen LogP contribution in [-0.2, 0) is 6.54 Å². The van der Waals surface area contributed by atoms with Crippen LogP contribution in [0.2, 0.25) is 0 Å². The zero-order valence-electron chi connectivity index (χ0n) is 12.8. The molecule has 0 amide bonds. The minimum Gasteiger partial charge on any atom is -0.409 e. The average Bonchev–Trinajstić information content (AvgIpc) is 2.44. The van der Waals surface area contributed by atoms with E-state index >= 15 is 0 Å². The van der Waals surface area contributed by atoms with Crippen molar-refractivity contribution in [1.82, 2.24) is 5.32 Å². The minimum absolute atomic E-state index is 0.145. The van der Waals surface area contributed by atoms with Crippen molar-refractivity contribution in [1.29, 1.82) is 0 Å². The number of hydrogen-bond donors (Lipinski definition) is 3. The Morgan fingerprint density at radius 1 is 1.20 bits per heavy atom. The van der Waals surface area contributed by atoms with Crippen molar-refractivity contribution in [2.45, 2.75) is 52.6 Å². The van der Waals surface area contributed by atoms with Crippen molar-refractivity contribution in [3.63, 3.8) is 0 Å². The lowest BCUT2D eigenvalue weighted by atomic mass is 10.0. The molecule has 1 rings (SSSR count). The summed E-state index contributed by atoms with van der Waals surface area (Å²) in [6, 6.07) is 8.27. The van der Waals surface area contributed by atoms with Gasteiger partial charge in [0.1, 0.15) is 0 Å². The molecule has 20 heavy (non-hydrogen) atoms. The molecule has 0 saturated heterocycles. The highest BCUT2D eigenvalue weighted by atomic mass is 16.4. The summed E-state index contributed by atoms with van der Waals surface area (Å²) in [7, 11) is 0. The summed E-state index contributed by atoms with van der Waals surface area (Å²) in [5.74, 6) is 0.931. The second kappa shape index (κ2) is 8.59. The standard InChI is InChI=1S/C16H27N3O/c1-12(2)5-4-6-13(3)18-11-14-7-9-15(10-8-14)16(17)19-20/h7-10,12-13,18,20H,4-6,11H2,1-3H3,(H2,17,19). The number of nitrogens with one attached hydrogen (secondary N) is 1. The van der Waals surface area contributed by atoms with E-state index in [1.807, 2.05) is 24.3 Å². The molecule has 0 aromatic heterocycles. The molecule has 0 aliphatic heterocycles. The van der Waals surface area contributed by atoms with Gasteiger partial charge >= 0.3 is 0 Å². The number of benzene rings is 1. The van der Waals surface area contributed by atoms with Crippen LogP contribution in [0.3, 0.4) is 0 Å². The molecule has 0 saturated carbocycles. The van der Waals surface area contributed by atoms with Gasteiger partial charge in [-0.05, 0) is 24.8 Å². The van der Waals surface area contributed by atoms with Crippen molar-refractivity contribution in [3.05, 3.63) is 35.4 Å². The summed E-state index contributed by atoms with van der Waals surface area (Å²) < 4.78 is 0. The summed E-state index contributed by atoms with van der Waals surface area (Å²) in [6.45, 7) is 7.60. The Morgan fingerprint density at radius 2 is 1.85 bits per heavy atom. The molecule has 4 heteroatoms. The molecular formula is C16H27N3O. The Balaban J connectivity index is 2.34. The average molecular weight is 277 g/mol. The summed E-state index contributed by atoms with van der Waals surface area (Å²) in [5.41, 5.74) is 7.47. The molecule has 0 spiro atoms. The van der Waals surface area contributed by atoms with Gasteiger partial charge in [0.05, 0.1) is 0 Å². The van der Waals surface area contributed by atoms with Gasteiger partial charge < -0.3 is 16.3 Å². The van der Waals surface area contributed by atoms with E-state index in [2.05, 4.69) is 31.2 Å². The van der Waals surface area contributed by atoms with Gasteiger partial charge in [0, 0.05) is 18.2 Å². The lowest BCUT2D eigenvalue weighted by molar-refractivity contribution is 0.318. The quantitative estimate of drug-likeness (QED) is 0.296. The molecule has 0 fully saturated rings. The number of hydrogen-bond acceptors (Lipinski definition) is 3. The number of amidine groups is 1. The molecule has 1 unspecified atom stereocenters. The second-order valence-corrected chi connectivity index (χ2v) is 5.79. The zero-order chi connectivity index (χ0) is 15.0. The van der Waals surface area contributed by atoms with Crippen LogP contribution in [0.1, 0.15) is 51.2 Å². The van der Waals surface area contributed by atoms with E-state index in [0.717, 1.165) is 18.0 Å². The van der Waals surface area contributed by atoms with Gasteiger partial charge in [0.2, 0.25) is 0 Å². The van der Waals surface area contributed by atoms with Crippen molar-refractivity contribution in [2.24, 2.45) is 16.8 Å². The third-order valence-corrected chi connectivity index (χ3v) is 3.43. The van der Waals surface area contributed by atoms with E-state index in [1.165, 1.54) is 24.8 Å². The number of oxime groups is 1. The topological polar surface area (TPSA) is 70.6 Å². The third-order valence-electron chi connectivity index (χ3n) is 3.43. The van der Waals surface area contributed by atoms with Gasteiger partial charge in [0.15, 0.2) is 5.84 Å². The lowest BCUT2D eigenvalue weighted by Gasteiger charge is -2.14. The highest BCUT2D eigenvalue weighted by Gasteiger charge is 2.03. The highest BCUT2D eigenvalue weighted by molar-refractivity contribution is 5.96. The Morgan fingerprint density at radius 3 is 2.40 bits per heavy atom. The number of nitrogens with two attached hydrogens (primary N) is 1. The predicted octanol–water partition coefficient (Wildman–Crippen LogP) is 3.09. The molecule has 0 radical (unpaired) electrons. The van der Waals surface area contributed by atoms with E-state index in [0.29, 0.717) is 6.04 Å². The van der Waals surface area contributed by atoms with Crippen molar-refractivity contribution >= 4 is 5.84 Å². The van der Waals surface area contributed by atoms with Gasteiger partial charge in [-0.2, -0.15) is 0 Å². The van der Waals surface area contributed by atoms with Crippen LogP contribution >= 0.6 is 0 Å². The largest absolute Gasteiger partial charge is 0.409 e. The molecule has 4 nitrogen and oxygen atoms in total. The molecule has 0 aliphatic carbocycles. The Kier molecular flexibility index (Phi) is 7.09. The van der Waals surface area contributed by atoms with Crippen LogP contribution in [0.4, 0.5) is 0 Å². The smallest absolute Gasteiger partial charge is 0.170 e. The first kappa shape index (κ1) is 16.5. The van der Waals surface area contributed by atoms with E-state index in [4.69, 9.17) is 10.9 Å². The SMILES string of the molecule is CC(C)CCCC(C)NCc1ccc(C(N)=NO)cc1. The summed E-state index contributed by atoms with van der Waals surface area (Å²) >= 11 is 0. The van der Waals surface area contributed by atoms with Crippen LogP contribution in [0, 0.1) is 5.92 Å². The van der Waals surface area contributed by atoms with Crippen molar-refractivity contribution in [3.8, 4) is 0 Å². The summed E-state index contributed by atoms with van der Waals surface area (Å²) in [6.07, 6.45) is 3.77. The maximum Gasteiger partial charge on any atom is 0.170 e. The molecule has 1 aromatic carbocycles. The summed E-state index contributed by atoms with van der Waals surface area (Å²) in [4.78, 5) is 0. The monoisotopic (exact) mass is 277 g/mol. The highest BCUT2D eigenvalue weighted by Crippen LogP contribution is 2.09. The van der Waals surface area contributed by atoms with E-state index in [1.54, 1.807) is 0 Å². The first-order valence-corrected chi connectivity index (χ1v) is 7.33. The van der Waals surface area contributed by atoms with Crippen LogP contribution in [0.25, 0.3) is 0 Å². The van der Waals surface area contributed by atoms with Crippen LogP contribution in [0.15, 0.2) is 29.4 Å². The molecule has 1 aromatic rings. The third kappa shape index (κ3) is 6.06. The minimum atomic E-state index is 0.145. The van der Waals surface area contributed by atoms with Gasteiger partial charge in [-0.1, -0.05) is 56.1 Å².